The Balaban J connectivity index is -0.00000112. The average molecular weight is 290 g/mol. The quantitative estimate of drug-likeness (QED) is 0.286. The summed E-state index contributed by atoms with van der Waals surface area (Å²) < 4.78 is 24.5. The van der Waals surface area contributed by atoms with E-state index in [1.165, 1.54) is 51.4 Å². The molecule has 0 aliphatic heterocycles. The van der Waals surface area contributed by atoms with Crippen LogP contribution >= 0.6 is 0 Å². The summed E-state index contributed by atoms with van der Waals surface area (Å²) in [5, 5.41) is 0. The fraction of sp³-hybridized carbons (Fsp3) is 1.00. The van der Waals surface area contributed by atoms with Gasteiger partial charge < -0.3 is 14.2 Å². The summed E-state index contributed by atoms with van der Waals surface area (Å²) in [6, 6.07) is 0. The van der Waals surface area contributed by atoms with E-state index in [4.69, 9.17) is 0 Å². The van der Waals surface area contributed by atoms with Gasteiger partial charge in [0, 0.05) is 0 Å². The van der Waals surface area contributed by atoms with E-state index < -0.39 is 11.4 Å². The van der Waals surface area contributed by atoms with Crippen LogP contribution in [0.25, 0.3) is 0 Å². The van der Waals surface area contributed by atoms with Gasteiger partial charge in [-0.2, -0.15) is 0 Å². The molecule has 0 aromatic rings. The van der Waals surface area contributed by atoms with E-state index in [1.807, 2.05) is 0 Å². The Morgan fingerprint density at radius 2 is 1.28 bits per heavy atom. The van der Waals surface area contributed by atoms with Crippen molar-refractivity contribution < 1.29 is 48.0 Å². The molecule has 0 spiro atoms. The molecule has 0 rings (SSSR count). The van der Waals surface area contributed by atoms with Crippen LogP contribution in [0.5, 0.6) is 0 Å². The molecule has 1 unspecified atom stereocenters. The molecule has 0 aromatic carbocycles. The predicted molar refractivity (Wildman–Crippen MR) is 70.3 cm³/mol. The van der Waals surface area contributed by atoms with Gasteiger partial charge in [0.25, 0.3) is 0 Å². The maximum atomic E-state index is 10.0. The zero-order valence-corrected chi connectivity index (χ0v) is 14.7. The van der Waals surface area contributed by atoms with Crippen LogP contribution in [0.2, 0.25) is 0 Å². The van der Waals surface area contributed by atoms with E-state index in [9.17, 15) is 8.76 Å². The van der Waals surface area contributed by atoms with E-state index in [0.29, 0.717) is 6.61 Å². The molecule has 0 heterocycles. The Labute approximate surface area is 136 Å². The normalized spacial score (nSPS) is 11.4. The molecule has 4 nitrogen and oxygen atoms in total. The predicted octanol–water partition coefficient (Wildman–Crippen LogP) is -0.103. The molecule has 106 valence electrons. The van der Waals surface area contributed by atoms with Gasteiger partial charge in [0.2, 0.25) is 0 Å². The average Bonchev–Trinajstić information content (AvgIpc) is 2.25. The minimum Gasteiger partial charge on any atom is -0.750 e. The zero-order chi connectivity index (χ0) is 12.1. The first-order valence-corrected chi connectivity index (χ1v) is 7.50. The fourth-order valence-corrected chi connectivity index (χ4v) is 1.97. The summed E-state index contributed by atoms with van der Waals surface area (Å²) in [5.74, 6) is 0. The van der Waals surface area contributed by atoms with Gasteiger partial charge in [-0.15, -0.1) is 0 Å². The Kier molecular flexibility index (Phi) is 27.2. The zero-order valence-electron chi connectivity index (χ0n) is 11.9. The van der Waals surface area contributed by atoms with Crippen molar-refractivity contribution in [1.29, 1.82) is 0 Å². The van der Waals surface area contributed by atoms with E-state index in [0.717, 1.165) is 12.8 Å². The van der Waals surface area contributed by atoms with E-state index in [1.54, 1.807) is 0 Å². The topological polar surface area (TPSA) is 80.9 Å². The van der Waals surface area contributed by atoms with Crippen LogP contribution in [0.3, 0.4) is 0 Å². The monoisotopic (exact) mass is 290 g/mol. The third-order valence-electron chi connectivity index (χ3n) is 2.68. The molecule has 2 N–H and O–H groups in total. The molecule has 0 aromatic heterocycles. The van der Waals surface area contributed by atoms with Crippen LogP contribution < -0.4 is 29.6 Å². The number of unbranched alkanes of at least 4 members (excludes halogenated alkanes) is 9. The van der Waals surface area contributed by atoms with Gasteiger partial charge in [0.05, 0.1) is 18.0 Å². The smallest absolute Gasteiger partial charge is 0.750 e. The molecule has 18 heavy (non-hydrogen) atoms. The molecule has 0 saturated carbocycles. The van der Waals surface area contributed by atoms with Crippen molar-refractivity contribution in [2.75, 3.05) is 6.61 Å². The van der Waals surface area contributed by atoms with Crippen LogP contribution in [0.1, 0.15) is 71.1 Å². The molecule has 1 atom stereocenters. The molecule has 0 aliphatic carbocycles. The summed E-state index contributed by atoms with van der Waals surface area (Å²) in [6.07, 6.45) is 12.5. The second-order valence-electron chi connectivity index (χ2n) is 4.21. The fourth-order valence-electron chi connectivity index (χ4n) is 1.72. The van der Waals surface area contributed by atoms with Gasteiger partial charge in [-0.3, -0.25) is 0 Å². The Morgan fingerprint density at radius 1 is 0.889 bits per heavy atom. The van der Waals surface area contributed by atoms with Gasteiger partial charge in [0.1, 0.15) is 0 Å². The van der Waals surface area contributed by atoms with Gasteiger partial charge in [-0.25, -0.2) is 4.21 Å². The van der Waals surface area contributed by atoms with E-state index >= 15 is 0 Å². The second-order valence-corrected chi connectivity index (χ2v) is 4.85. The van der Waals surface area contributed by atoms with E-state index in [2.05, 4.69) is 11.1 Å². The Hall–Kier alpha value is 1.03. The van der Waals surface area contributed by atoms with Gasteiger partial charge in [0.15, 0.2) is 0 Å². The van der Waals surface area contributed by atoms with Gasteiger partial charge in [-0.05, 0) is 6.42 Å². The van der Waals surface area contributed by atoms with Crippen molar-refractivity contribution in [1.82, 2.24) is 0 Å². The van der Waals surface area contributed by atoms with Crippen molar-refractivity contribution in [2.24, 2.45) is 0 Å². The molecule has 0 aliphatic rings. The molecule has 0 bridgehead atoms. The maximum absolute atomic E-state index is 10.0. The van der Waals surface area contributed by atoms with Crippen LogP contribution in [-0.2, 0) is 15.5 Å². The van der Waals surface area contributed by atoms with Crippen LogP contribution in [0.4, 0.5) is 0 Å². The first kappa shape index (κ1) is 24.1. The first-order valence-electron chi connectivity index (χ1n) is 6.50. The standard InChI is InChI=1S/C12H26O3S.Na.H2O/c1-2-3-4-5-6-7-8-9-10-11-12-15-16(13)14;;/h2-12H2,1H3,(H,13,14);;1H2/q;+1;/p-1. The number of hydrogen-bond acceptors (Lipinski definition) is 3. The molecule has 0 amide bonds. The van der Waals surface area contributed by atoms with Crippen molar-refractivity contribution in [2.45, 2.75) is 71.1 Å². The van der Waals surface area contributed by atoms with Crippen LogP contribution in [-0.4, -0.2) is 20.8 Å². The first-order chi connectivity index (χ1) is 7.77. The van der Waals surface area contributed by atoms with Crippen molar-refractivity contribution in [3.8, 4) is 0 Å². The molecular weight excluding hydrogens is 263 g/mol. The Morgan fingerprint density at radius 3 is 1.67 bits per heavy atom. The second kappa shape index (κ2) is 20.3. The van der Waals surface area contributed by atoms with E-state index in [-0.39, 0.29) is 35.0 Å². The molecule has 0 radical (unpaired) electrons. The molecule has 0 saturated heterocycles. The number of hydrogen-bond donors (Lipinski definition) is 0. The van der Waals surface area contributed by atoms with Crippen LogP contribution in [0.15, 0.2) is 0 Å². The van der Waals surface area contributed by atoms with Gasteiger partial charge >= 0.3 is 29.6 Å². The third kappa shape index (κ3) is 22.2. The van der Waals surface area contributed by atoms with Crippen molar-refractivity contribution in [3.63, 3.8) is 0 Å². The molecule has 6 heteroatoms. The minimum atomic E-state index is -2.33. The molecule has 0 fully saturated rings. The van der Waals surface area contributed by atoms with Crippen molar-refractivity contribution >= 4 is 11.4 Å². The van der Waals surface area contributed by atoms with Crippen molar-refractivity contribution in [3.05, 3.63) is 0 Å². The summed E-state index contributed by atoms with van der Waals surface area (Å²) >= 11 is -2.33. The number of rotatable bonds is 12. The minimum absolute atomic E-state index is 0. The largest absolute Gasteiger partial charge is 1.00 e. The summed E-state index contributed by atoms with van der Waals surface area (Å²) in [4.78, 5) is 0. The summed E-state index contributed by atoms with van der Waals surface area (Å²) in [7, 11) is 0. The summed E-state index contributed by atoms with van der Waals surface area (Å²) in [6.45, 7) is 2.57. The van der Waals surface area contributed by atoms with Crippen LogP contribution in [0, 0.1) is 0 Å². The Bertz CT molecular complexity index is 170. The third-order valence-corrected chi connectivity index (χ3v) is 3.04. The molecular formula is C12H27NaO4S. The summed E-state index contributed by atoms with van der Waals surface area (Å²) in [5.41, 5.74) is 0. The van der Waals surface area contributed by atoms with Gasteiger partial charge in [-0.1, -0.05) is 64.7 Å². The maximum Gasteiger partial charge on any atom is 1.00 e. The SMILES string of the molecule is CCCCCCCCCCCCOS(=O)[O-].O.[Na+].